The highest BCUT2D eigenvalue weighted by Crippen LogP contribution is 2.29. The third-order valence-corrected chi connectivity index (χ3v) is 3.38. The number of esters is 1. The van der Waals surface area contributed by atoms with Gasteiger partial charge >= 0.3 is 5.97 Å². The largest absolute Gasteiger partial charge is 0.463 e. The molecule has 1 aliphatic rings. The summed E-state index contributed by atoms with van der Waals surface area (Å²) in [6.07, 6.45) is 11.0. The van der Waals surface area contributed by atoms with Gasteiger partial charge in [0, 0.05) is 6.08 Å². The number of ether oxygens (including phenoxy) is 1. The fraction of sp³-hybridized carbons (Fsp3) is 0.688. The van der Waals surface area contributed by atoms with E-state index in [0.717, 1.165) is 24.3 Å². The van der Waals surface area contributed by atoms with Crippen LogP contribution in [0, 0.1) is 5.92 Å². The minimum atomic E-state index is -0.205. The fourth-order valence-electron chi connectivity index (χ4n) is 2.42. The van der Waals surface area contributed by atoms with E-state index in [-0.39, 0.29) is 5.97 Å². The quantitative estimate of drug-likeness (QED) is 0.494. The lowest BCUT2D eigenvalue weighted by Gasteiger charge is -2.10. The van der Waals surface area contributed by atoms with E-state index in [9.17, 15) is 4.79 Å². The molecule has 1 atom stereocenters. The molecule has 1 rings (SSSR count). The second kappa shape index (κ2) is 8.12. The summed E-state index contributed by atoms with van der Waals surface area (Å²) < 4.78 is 4.93. The number of allylic oxidation sites excluding steroid dienone is 3. The normalized spacial score (nSPS) is 18.8. The van der Waals surface area contributed by atoms with Crippen molar-refractivity contribution in [1.29, 1.82) is 0 Å². The first-order valence-corrected chi connectivity index (χ1v) is 7.22. The third kappa shape index (κ3) is 5.52. The summed E-state index contributed by atoms with van der Waals surface area (Å²) in [5.41, 5.74) is 2.63. The van der Waals surface area contributed by atoms with Gasteiger partial charge in [0.05, 0.1) is 6.61 Å². The molecule has 0 spiro atoms. The molecule has 0 fully saturated rings. The summed E-state index contributed by atoms with van der Waals surface area (Å²) in [6, 6.07) is 0. The van der Waals surface area contributed by atoms with Gasteiger partial charge in [-0.05, 0) is 37.7 Å². The number of unbranched alkanes of at least 4 members (excludes halogenated alkanes) is 1. The highest BCUT2D eigenvalue weighted by Gasteiger charge is 2.13. The van der Waals surface area contributed by atoms with Gasteiger partial charge < -0.3 is 4.74 Å². The zero-order chi connectivity index (χ0) is 13.4. The van der Waals surface area contributed by atoms with E-state index in [0.29, 0.717) is 6.61 Å². The van der Waals surface area contributed by atoms with Crippen molar-refractivity contribution in [2.45, 2.75) is 59.3 Å². The van der Waals surface area contributed by atoms with E-state index < -0.39 is 0 Å². The smallest absolute Gasteiger partial charge is 0.331 e. The van der Waals surface area contributed by atoms with Crippen LogP contribution in [0.5, 0.6) is 0 Å². The molecule has 0 radical (unpaired) electrons. The molecule has 0 aliphatic heterocycles. The Labute approximate surface area is 111 Å². The van der Waals surface area contributed by atoms with Gasteiger partial charge in [0.25, 0.3) is 0 Å². The Hall–Kier alpha value is -1.05. The standard InChI is InChI=1S/C16H26O2/c1-4-6-7-13(3)10-14-8-9-15(11-14)12-16(17)18-5-2/h11-13H,4-10H2,1-3H3/b15-12+. The maximum Gasteiger partial charge on any atom is 0.331 e. The Morgan fingerprint density at radius 2 is 2.22 bits per heavy atom. The molecule has 1 aliphatic carbocycles. The lowest BCUT2D eigenvalue weighted by atomic mass is 9.96. The molecular formula is C16H26O2. The topological polar surface area (TPSA) is 26.3 Å². The minimum absolute atomic E-state index is 0.205. The van der Waals surface area contributed by atoms with Crippen LogP contribution in [0.15, 0.2) is 23.3 Å². The highest BCUT2D eigenvalue weighted by molar-refractivity contribution is 5.83. The van der Waals surface area contributed by atoms with E-state index >= 15 is 0 Å². The van der Waals surface area contributed by atoms with Crippen molar-refractivity contribution in [3.05, 3.63) is 23.3 Å². The van der Waals surface area contributed by atoms with Crippen LogP contribution in [0.4, 0.5) is 0 Å². The average molecular weight is 250 g/mol. The first-order valence-electron chi connectivity index (χ1n) is 7.22. The summed E-state index contributed by atoms with van der Waals surface area (Å²) in [7, 11) is 0. The number of carbonyl (C=O) groups is 1. The van der Waals surface area contributed by atoms with Crippen LogP contribution in [0.3, 0.4) is 0 Å². The van der Waals surface area contributed by atoms with E-state index in [2.05, 4.69) is 19.9 Å². The molecule has 0 saturated heterocycles. The lowest BCUT2D eigenvalue weighted by molar-refractivity contribution is -0.137. The molecule has 2 heteroatoms. The van der Waals surface area contributed by atoms with Gasteiger partial charge in [-0.2, -0.15) is 0 Å². The monoisotopic (exact) mass is 250 g/mol. The number of carbonyl (C=O) groups excluding carboxylic acids is 1. The molecule has 2 nitrogen and oxygen atoms in total. The predicted molar refractivity (Wildman–Crippen MR) is 75.3 cm³/mol. The maximum absolute atomic E-state index is 11.3. The molecule has 0 aromatic carbocycles. The summed E-state index contributed by atoms with van der Waals surface area (Å²) in [4.78, 5) is 11.3. The van der Waals surface area contributed by atoms with Gasteiger partial charge in [-0.1, -0.05) is 44.8 Å². The summed E-state index contributed by atoms with van der Waals surface area (Å²) in [5, 5.41) is 0. The Morgan fingerprint density at radius 1 is 1.44 bits per heavy atom. The van der Waals surface area contributed by atoms with E-state index in [1.165, 1.54) is 31.3 Å². The predicted octanol–water partition coefficient (Wildman–Crippen LogP) is 4.41. The molecular weight excluding hydrogens is 224 g/mol. The first-order chi connectivity index (χ1) is 8.65. The molecule has 0 aromatic rings. The second-order valence-corrected chi connectivity index (χ2v) is 5.23. The van der Waals surface area contributed by atoms with Crippen molar-refractivity contribution in [2.24, 2.45) is 5.92 Å². The Bertz CT molecular complexity index is 326. The van der Waals surface area contributed by atoms with Crippen molar-refractivity contribution >= 4 is 5.97 Å². The van der Waals surface area contributed by atoms with Crippen LogP contribution < -0.4 is 0 Å². The van der Waals surface area contributed by atoms with Gasteiger partial charge in [-0.15, -0.1) is 0 Å². The molecule has 0 saturated carbocycles. The van der Waals surface area contributed by atoms with Crippen LogP contribution in [-0.2, 0) is 9.53 Å². The van der Waals surface area contributed by atoms with E-state index in [1.807, 2.05) is 6.92 Å². The lowest BCUT2D eigenvalue weighted by Crippen LogP contribution is -1.99. The maximum atomic E-state index is 11.3. The molecule has 0 N–H and O–H groups in total. The summed E-state index contributed by atoms with van der Waals surface area (Å²) in [6.45, 7) is 6.85. The molecule has 1 unspecified atom stereocenters. The van der Waals surface area contributed by atoms with Crippen molar-refractivity contribution in [3.8, 4) is 0 Å². The molecule has 0 bridgehead atoms. The summed E-state index contributed by atoms with van der Waals surface area (Å²) >= 11 is 0. The van der Waals surface area contributed by atoms with Crippen molar-refractivity contribution in [2.75, 3.05) is 6.61 Å². The molecule has 0 heterocycles. The Kier molecular flexibility index (Phi) is 6.77. The van der Waals surface area contributed by atoms with Crippen molar-refractivity contribution in [3.63, 3.8) is 0 Å². The van der Waals surface area contributed by atoms with Gasteiger partial charge in [0.2, 0.25) is 0 Å². The summed E-state index contributed by atoms with van der Waals surface area (Å²) in [5.74, 6) is 0.558. The van der Waals surface area contributed by atoms with Crippen LogP contribution in [-0.4, -0.2) is 12.6 Å². The first kappa shape index (κ1) is 15.0. The van der Waals surface area contributed by atoms with Gasteiger partial charge in [0.15, 0.2) is 0 Å². The van der Waals surface area contributed by atoms with Gasteiger partial charge in [-0.3, -0.25) is 0 Å². The zero-order valence-corrected chi connectivity index (χ0v) is 12.0. The molecule has 102 valence electrons. The number of hydrogen-bond donors (Lipinski definition) is 0. The SMILES string of the molecule is CCCCC(C)CC1=C/C(=C/C(=O)OCC)CC1. The zero-order valence-electron chi connectivity index (χ0n) is 12.0. The minimum Gasteiger partial charge on any atom is -0.463 e. The third-order valence-electron chi connectivity index (χ3n) is 3.38. The average Bonchev–Trinajstić information content (AvgIpc) is 2.74. The molecule has 0 amide bonds. The van der Waals surface area contributed by atoms with E-state index in [1.54, 1.807) is 6.08 Å². The van der Waals surface area contributed by atoms with E-state index in [4.69, 9.17) is 4.74 Å². The Morgan fingerprint density at radius 3 is 2.89 bits per heavy atom. The fourth-order valence-corrected chi connectivity index (χ4v) is 2.42. The highest BCUT2D eigenvalue weighted by atomic mass is 16.5. The van der Waals surface area contributed by atoms with Gasteiger partial charge in [0.1, 0.15) is 0 Å². The molecule has 18 heavy (non-hydrogen) atoms. The number of hydrogen-bond acceptors (Lipinski definition) is 2. The van der Waals surface area contributed by atoms with Crippen LogP contribution >= 0.6 is 0 Å². The van der Waals surface area contributed by atoms with Crippen molar-refractivity contribution in [1.82, 2.24) is 0 Å². The van der Waals surface area contributed by atoms with Crippen LogP contribution in [0.25, 0.3) is 0 Å². The van der Waals surface area contributed by atoms with Crippen LogP contribution in [0.1, 0.15) is 59.3 Å². The van der Waals surface area contributed by atoms with Crippen molar-refractivity contribution < 1.29 is 9.53 Å². The Balaban J connectivity index is 2.43. The van der Waals surface area contributed by atoms with Crippen LogP contribution in [0.2, 0.25) is 0 Å². The molecule has 0 aromatic heterocycles. The second-order valence-electron chi connectivity index (χ2n) is 5.23. The number of rotatable bonds is 7. The van der Waals surface area contributed by atoms with Gasteiger partial charge in [-0.25, -0.2) is 4.79 Å².